The average Bonchev–Trinajstić information content (AvgIpc) is 2.39. The molecule has 0 saturated heterocycles. The summed E-state index contributed by atoms with van der Waals surface area (Å²) >= 11 is 0. The standard InChI is InChI=1S/C5H8N2O2.C2H2O/c8-4-3-7-2-1-6-5(7)9;1-2-3/h1-2,8H,3-4H2,(H,6,9);1H2. The van der Waals surface area contributed by atoms with Crippen LogP contribution in [-0.2, 0) is 11.3 Å². The maximum absolute atomic E-state index is 10.6. The van der Waals surface area contributed by atoms with E-state index in [1.54, 1.807) is 6.20 Å². The number of H-pyrrole nitrogens is 1. The Kier molecular flexibility index (Phi) is 5.34. The van der Waals surface area contributed by atoms with E-state index < -0.39 is 0 Å². The first-order chi connectivity index (χ1) is 5.76. The number of hydrogen-bond acceptors (Lipinski definition) is 3. The fourth-order valence-electron chi connectivity index (χ4n) is 0.633. The van der Waals surface area contributed by atoms with Gasteiger partial charge in [-0.3, -0.25) is 4.57 Å². The SMILES string of the molecule is C=C=O.O=c1[nH]ccn1CCO. The summed E-state index contributed by atoms with van der Waals surface area (Å²) < 4.78 is 1.40. The average molecular weight is 170 g/mol. The smallest absolute Gasteiger partial charge is 0.325 e. The first-order valence-electron chi connectivity index (χ1n) is 3.25. The van der Waals surface area contributed by atoms with Crippen molar-refractivity contribution in [1.82, 2.24) is 9.55 Å². The molecule has 2 N–H and O–H groups in total. The van der Waals surface area contributed by atoms with Crippen molar-refractivity contribution >= 4 is 5.94 Å². The number of aliphatic hydroxyl groups excluding tert-OH is 1. The molecule has 5 heteroatoms. The molecule has 0 aromatic carbocycles. The summed E-state index contributed by atoms with van der Waals surface area (Å²) in [6.45, 7) is 3.04. The molecule has 1 rings (SSSR count). The van der Waals surface area contributed by atoms with Gasteiger partial charge in [0.2, 0.25) is 0 Å². The third-order valence-electron chi connectivity index (χ3n) is 1.06. The monoisotopic (exact) mass is 170 g/mol. The van der Waals surface area contributed by atoms with Gasteiger partial charge in [-0.25, -0.2) is 9.59 Å². The van der Waals surface area contributed by atoms with E-state index in [1.165, 1.54) is 16.7 Å². The molecule has 0 atom stereocenters. The first-order valence-corrected chi connectivity index (χ1v) is 3.25. The Balaban J connectivity index is 0.000000354. The molecule has 0 fully saturated rings. The fourth-order valence-corrected chi connectivity index (χ4v) is 0.633. The zero-order valence-electron chi connectivity index (χ0n) is 6.49. The van der Waals surface area contributed by atoms with Crippen molar-refractivity contribution in [3.8, 4) is 0 Å². The molecule has 5 nitrogen and oxygen atoms in total. The van der Waals surface area contributed by atoms with Gasteiger partial charge >= 0.3 is 5.69 Å². The molecule has 1 heterocycles. The van der Waals surface area contributed by atoms with Gasteiger partial charge in [-0.05, 0) is 6.58 Å². The van der Waals surface area contributed by atoms with Crippen LogP contribution in [0.15, 0.2) is 23.8 Å². The van der Waals surface area contributed by atoms with Gasteiger partial charge in [0, 0.05) is 12.4 Å². The van der Waals surface area contributed by atoms with Gasteiger partial charge in [-0.1, -0.05) is 0 Å². The van der Waals surface area contributed by atoms with E-state index >= 15 is 0 Å². The number of hydrogen-bond donors (Lipinski definition) is 2. The van der Waals surface area contributed by atoms with Crippen LogP contribution in [0.5, 0.6) is 0 Å². The Morgan fingerprint density at radius 2 is 2.33 bits per heavy atom. The first kappa shape index (κ1) is 10.4. The van der Waals surface area contributed by atoms with Crippen LogP contribution in [0.25, 0.3) is 0 Å². The van der Waals surface area contributed by atoms with Crippen LogP contribution in [-0.4, -0.2) is 27.2 Å². The highest BCUT2D eigenvalue weighted by atomic mass is 16.3. The lowest BCUT2D eigenvalue weighted by atomic mass is 10.7. The minimum Gasteiger partial charge on any atom is -0.395 e. The lowest BCUT2D eigenvalue weighted by Crippen LogP contribution is -2.17. The van der Waals surface area contributed by atoms with E-state index in [-0.39, 0.29) is 12.3 Å². The molecule has 0 bridgehead atoms. The molecule has 0 saturated carbocycles. The summed E-state index contributed by atoms with van der Waals surface area (Å²) in [5.74, 6) is 1.25. The van der Waals surface area contributed by atoms with E-state index in [1.807, 2.05) is 0 Å². The molecule has 0 aliphatic heterocycles. The van der Waals surface area contributed by atoms with Gasteiger partial charge < -0.3 is 10.1 Å². The highest BCUT2D eigenvalue weighted by Crippen LogP contribution is 1.75. The van der Waals surface area contributed by atoms with Crippen LogP contribution in [0.3, 0.4) is 0 Å². The topological polar surface area (TPSA) is 75.1 Å². The lowest BCUT2D eigenvalue weighted by Gasteiger charge is -1.92. The van der Waals surface area contributed by atoms with Gasteiger partial charge in [0.05, 0.1) is 13.2 Å². The van der Waals surface area contributed by atoms with Crippen molar-refractivity contribution < 1.29 is 9.90 Å². The number of aromatic nitrogens is 2. The zero-order chi connectivity index (χ0) is 9.40. The minimum absolute atomic E-state index is 0.00222. The largest absolute Gasteiger partial charge is 0.395 e. The zero-order valence-corrected chi connectivity index (χ0v) is 6.49. The Morgan fingerprint density at radius 3 is 2.67 bits per heavy atom. The molecule has 0 aliphatic carbocycles. The van der Waals surface area contributed by atoms with E-state index in [9.17, 15) is 4.79 Å². The number of aliphatic hydroxyl groups is 1. The van der Waals surface area contributed by atoms with E-state index in [0.717, 1.165) is 0 Å². The summed E-state index contributed by atoms with van der Waals surface area (Å²) in [6, 6.07) is 0. The predicted octanol–water partition coefficient (Wildman–Crippen LogP) is -0.827. The third kappa shape index (κ3) is 3.55. The van der Waals surface area contributed by atoms with Crippen molar-refractivity contribution in [1.29, 1.82) is 0 Å². The Morgan fingerprint density at radius 1 is 1.75 bits per heavy atom. The van der Waals surface area contributed by atoms with Crippen molar-refractivity contribution in [2.24, 2.45) is 0 Å². The van der Waals surface area contributed by atoms with Crippen LogP contribution in [0.4, 0.5) is 0 Å². The van der Waals surface area contributed by atoms with Crippen molar-refractivity contribution in [3.05, 3.63) is 29.5 Å². The second kappa shape index (κ2) is 6.15. The molecular weight excluding hydrogens is 160 g/mol. The number of aromatic amines is 1. The molecular formula is C7H10N2O3. The Bertz CT molecular complexity index is 294. The van der Waals surface area contributed by atoms with E-state index in [0.29, 0.717) is 6.54 Å². The molecule has 1 aromatic heterocycles. The Hall–Kier alpha value is -1.58. The molecule has 0 aliphatic rings. The maximum Gasteiger partial charge on any atom is 0.325 e. The van der Waals surface area contributed by atoms with Crippen molar-refractivity contribution in [2.45, 2.75) is 6.54 Å². The van der Waals surface area contributed by atoms with E-state index in [2.05, 4.69) is 11.6 Å². The highest BCUT2D eigenvalue weighted by Gasteiger charge is 1.90. The van der Waals surface area contributed by atoms with Crippen LogP contribution in [0.2, 0.25) is 0 Å². The van der Waals surface area contributed by atoms with Gasteiger partial charge in [0.15, 0.2) is 0 Å². The third-order valence-corrected chi connectivity index (χ3v) is 1.06. The van der Waals surface area contributed by atoms with Crippen molar-refractivity contribution in [2.75, 3.05) is 6.61 Å². The lowest BCUT2D eigenvalue weighted by molar-refractivity contribution is 0.274. The fraction of sp³-hybridized carbons (Fsp3) is 0.286. The number of nitrogens with zero attached hydrogens (tertiary/aromatic N) is 1. The Labute approximate surface area is 69.0 Å². The van der Waals surface area contributed by atoms with Crippen LogP contribution in [0.1, 0.15) is 0 Å². The number of carbonyl (C=O) groups excluding carboxylic acids is 1. The summed E-state index contributed by atoms with van der Waals surface area (Å²) in [6.07, 6.45) is 3.14. The highest BCUT2D eigenvalue weighted by molar-refractivity contribution is 5.38. The predicted molar refractivity (Wildman–Crippen MR) is 43.5 cm³/mol. The van der Waals surface area contributed by atoms with Crippen LogP contribution < -0.4 is 5.69 Å². The van der Waals surface area contributed by atoms with E-state index in [4.69, 9.17) is 9.90 Å². The number of nitrogens with one attached hydrogen (secondary N) is 1. The second-order valence-electron chi connectivity index (χ2n) is 1.83. The van der Waals surface area contributed by atoms with Gasteiger partial charge in [-0.2, -0.15) is 0 Å². The van der Waals surface area contributed by atoms with Crippen molar-refractivity contribution in [3.63, 3.8) is 0 Å². The van der Waals surface area contributed by atoms with Gasteiger partial charge in [-0.15, -0.1) is 0 Å². The summed E-state index contributed by atoms with van der Waals surface area (Å²) in [7, 11) is 0. The van der Waals surface area contributed by atoms with Gasteiger partial charge in [0.25, 0.3) is 0 Å². The summed E-state index contributed by atoms with van der Waals surface area (Å²) in [4.78, 5) is 21.6. The summed E-state index contributed by atoms with van der Waals surface area (Å²) in [5, 5.41) is 8.39. The number of rotatable bonds is 2. The molecule has 1 aromatic rings. The molecule has 0 radical (unpaired) electrons. The normalized spacial score (nSPS) is 8.08. The second-order valence-corrected chi connectivity index (χ2v) is 1.83. The summed E-state index contributed by atoms with van der Waals surface area (Å²) in [5.41, 5.74) is -0.177. The molecule has 0 amide bonds. The molecule has 66 valence electrons. The quantitative estimate of drug-likeness (QED) is 0.569. The van der Waals surface area contributed by atoms with Gasteiger partial charge in [0.1, 0.15) is 5.94 Å². The maximum atomic E-state index is 10.6. The molecule has 0 unspecified atom stereocenters. The van der Waals surface area contributed by atoms with Crippen LogP contribution in [0, 0.1) is 0 Å². The molecule has 12 heavy (non-hydrogen) atoms. The van der Waals surface area contributed by atoms with Crippen LogP contribution >= 0.6 is 0 Å². The molecule has 0 spiro atoms. The minimum atomic E-state index is -0.177. The number of imidazole rings is 1.